The van der Waals surface area contributed by atoms with Crippen LogP contribution in [0.5, 0.6) is 0 Å². The number of hydrogen-bond donors (Lipinski definition) is 0. The van der Waals surface area contributed by atoms with Crippen molar-refractivity contribution in [3.63, 3.8) is 0 Å². The van der Waals surface area contributed by atoms with E-state index in [-0.39, 0.29) is 5.78 Å². The molecule has 2 aromatic carbocycles. The molecule has 24 heavy (non-hydrogen) atoms. The number of fused-ring (bicyclic) bond motifs is 1. The van der Waals surface area contributed by atoms with Crippen LogP contribution < -0.4 is 0 Å². The number of rotatable bonds is 5. The second-order valence-electron chi connectivity index (χ2n) is 6.24. The van der Waals surface area contributed by atoms with Crippen LogP contribution in [0.4, 0.5) is 0 Å². The van der Waals surface area contributed by atoms with E-state index < -0.39 is 10.8 Å². The molecule has 0 spiro atoms. The van der Waals surface area contributed by atoms with Gasteiger partial charge in [0.2, 0.25) is 0 Å². The smallest absolute Gasteiger partial charge is 0.159 e. The highest BCUT2D eigenvalue weighted by Crippen LogP contribution is 2.18. The van der Waals surface area contributed by atoms with Crippen LogP contribution in [0.1, 0.15) is 28.4 Å². The fourth-order valence-corrected chi connectivity index (χ4v) is 4.24. The minimum absolute atomic E-state index is 0.122. The van der Waals surface area contributed by atoms with Gasteiger partial charge in [0.05, 0.1) is 10.8 Å². The largest absolute Gasteiger partial charge is 0.302 e. The number of ketones is 1. The Kier molecular flexibility index (Phi) is 5.59. The van der Waals surface area contributed by atoms with Crippen molar-refractivity contribution in [2.75, 3.05) is 25.4 Å². The number of benzene rings is 2. The molecular formula is C20H23NO2S. The molecule has 0 fully saturated rings. The number of Topliss-reactive ketones (excluding diaryl/α,β-unsaturated/α-hetero) is 1. The maximum Gasteiger partial charge on any atom is 0.159 e. The van der Waals surface area contributed by atoms with E-state index in [1.807, 2.05) is 42.5 Å². The Labute approximate surface area is 146 Å². The monoisotopic (exact) mass is 341 g/mol. The normalized spacial score (nSPS) is 16.2. The summed E-state index contributed by atoms with van der Waals surface area (Å²) in [5.74, 6) is 0.788. The molecule has 0 radical (unpaired) electrons. The van der Waals surface area contributed by atoms with Crippen LogP contribution in [0.2, 0.25) is 0 Å². The quantitative estimate of drug-likeness (QED) is 0.784. The third-order valence-corrected chi connectivity index (χ3v) is 5.96. The first kappa shape index (κ1) is 17.1. The van der Waals surface area contributed by atoms with Gasteiger partial charge in [-0.1, -0.05) is 30.3 Å². The molecule has 0 aromatic heterocycles. The molecule has 3 nitrogen and oxygen atoms in total. The minimum Gasteiger partial charge on any atom is -0.302 e. The molecule has 0 saturated heterocycles. The van der Waals surface area contributed by atoms with Crippen molar-refractivity contribution in [2.45, 2.75) is 24.7 Å². The molecule has 0 bridgehead atoms. The first-order valence-electron chi connectivity index (χ1n) is 8.42. The first-order chi connectivity index (χ1) is 11.6. The Bertz CT molecular complexity index is 743. The summed E-state index contributed by atoms with van der Waals surface area (Å²) in [7, 11) is -0.937. The average molecular weight is 341 g/mol. The Morgan fingerprint density at radius 2 is 1.75 bits per heavy atom. The van der Waals surface area contributed by atoms with Crippen molar-refractivity contribution in [3.05, 3.63) is 65.2 Å². The number of carbonyl (C=O) groups excluding carboxylic acids is 1. The second-order valence-corrected chi connectivity index (χ2v) is 7.81. The molecule has 0 saturated carbocycles. The van der Waals surface area contributed by atoms with Gasteiger partial charge in [-0.25, -0.2) is 0 Å². The summed E-state index contributed by atoms with van der Waals surface area (Å²) >= 11 is 0. The van der Waals surface area contributed by atoms with E-state index in [4.69, 9.17) is 0 Å². The predicted molar refractivity (Wildman–Crippen MR) is 98.0 cm³/mol. The number of nitrogens with zero attached hydrogens (tertiary/aromatic N) is 1. The van der Waals surface area contributed by atoms with E-state index in [1.165, 1.54) is 11.1 Å². The molecule has 1 heterocycles. The SMILES string of the molecule is CC(=O)c1ccc2c(c1)CCN(CC[S@@](=O)c1ccccc1)CC2. The molecule has 4 heteroatoms. The van der Waals surface area contributed by atoms with E-state index in [0.717, 1.165) is 42.9 Å². The van der Waals surface area contributed by atoms with E-state index in [1.54, 1.807) is 6.92 Å². The van der Waals surface area contributed by atoms with Gasteiger partial charge in [0, 0.05) is 35.8 Å². The molecule has 0 N–H and O–H groups in total. The molecule has 1 aliphatic heterocycles. The fourth-order valence-electron chi connectivity index (χ4n) is 3.12. The lowest BCUT2D eigenvalue weighted by Crippen LogP contribution is -2.30. The average Bonchev–Trinajstić information content (AvgIpc) is 2.82. The third-order valence-electron chi connectivity index (χ3n) is 4.61. The van der Waals surface area contributed by atoms with E-state index in [2.05, 4.69) is 11.0 Å². The number of hydrogen-bond acceptors (Lipinski definition) is 3. The van der Waals surface area contributed by atoms with Crippen molar-refractivity contribution in [3.8, 4) is 0 Å². The Morgan fingerprint density at radius 1 is 1.04 bits per heavy atom. The van der Waals surface area contributed by atoms with Crippen LogP contribution in [0.3, 0.4) is 0 Å². The molecule has 2 aromatic rings. The Morgan fingerprint density at radius 3 is 2.46 bits per heavy atom. The summed E-state index contributed by atoms with van der Waals surface area (Å²) in [6.45, 7) is 4.40. The predicted octanol–water partition coefficient (Wildman–Crippen LogP) is 3.10. The molecule has 1 aliphatic rings. The van der Waals surface area contributed by atoms with E-state index in [0.29, 0.717) is 5.75 Å². The fraction of sp³-hybridized carbons (Fsp3) is 0.350. The highest BCUT2D eigenvalue weighted by molar-refractivity contribution is 7.85. The molecular weight excluding hydrogens is 318 g/mol. The summed E-state index contributed by atoms with van der Waals surface area (Å²) < 4.78 is 12.4. The van der Waals surface area contributed by atoms with Crippen LogP contribution >= 0.6 is 0 Å². The lowest BCUT2D eigenvalue weighted by Gasteiger charge is -2.19. The van der Waals surface area contributed by atoms with Crippen molar-refractivity contribution in [1.82, 2.24) is 4.90 Å². The molecule has 126 valence electrons. The maximum atomic E-state index is 12.4. The standard InChI is InChI=1S/C20H23NO2S/c1-16(22)18-8-7-17-9-11-21(12-10-19(17)15-18)13-14-24(23)20-5-3-2-4-6-20/h2-8,15H,9-14H2,1H3/t24-/m1/s1. The van der Waals surface area contributed by atoms with Gasteiger partial charge in [-0.3, -0.25) is 9.00 Å². The molecule has 0 amide bonds. The zero-order chi connectivity index (χ0) is 16.9. The zero-order valence-corrected chi connectivity index (χ0v) is 14.8. The van der Waals surface area contributed by atoms with Crippen LogP contribution in [0.25, 0.3) is 0 Å². The van der Waals surface area contributed by atoms with Gasteiger partial charge in [0.25, 0.3) is 0 Å². The minimum atomic E-state index is -0.937. The van der Waals surface area contributed by atoms with Gasteiger partial charge in [-0.15, -0.1) is 0 Å². The van der Waals surface area contributed by atoms with Crippen molar-refractivity contribution in [1.29, 1.82) is 0 Å². The Hall–Kier alpha value is -1.78. The zero-order valence-electron chi connectivity index (χ0n) is 14.0. The summed E-state index contributed by atoms with van der Waals surface area (Å²) in [6.07, 6.45) is 1.94. The van der Waals surface area contributed by atoms with Crippen molar-refractivity contribution >= 4 is 16.6 Å². The van der Waals surface area contributed by atoms with Gasteiger partial charge < -0.3 is 4.90 Å². The first-order valence-corrected chi connectivity index (χ1v) is 9.74. The third kappa shape index (κ3) is 4.19. The van der Waals surface area contributed by atoms with E-state index in [9.17, 15) is 9.00 Å². The lowest BCUT2D eigenvalue weighted by atomic mass is 9.99. The Balaban J connectivity index is 1.58. The summed E-state index contributed by atoms with van der Waals surface area (Å²) in [5, 5.41) is 0. The lowest BCUT2D eigenvalue weighted by molar-refractivity contribution is 0.101. The molecule has 0 aliphatic carbocycles. The van der Waals surface area contributed by atoms with Gasteiger partial charge >= 0.3 is 0 Å². The maximum absolute atomic E-state index is 12.4. The van der Waals surface area contributed by atoms with Crippen LogP contribution in [-0.4, -0.2) is 40.3 Å². The van der Waals surface area contributed by atoms with Crippen LogP contribution in [0, 0.1) is 0 Å². The highest BCUT2D eigenvalue weighted by atomic mass is 32.2. The van der Waals surface area contributed by atoms with Crippen LogP contribution in [0.15, 0.2) is 53.4 Å². The van der Waals surface area contributed by atoms with Gasteiger partial charge in [-0.05, 0) is 49.1 Å². The van der Waals surface area contributed by atoms with E-state index >= 15 is 0 Å². The van der Waals surface area contributed by atoms with Gasteiger partial charge in [-0.2, -0.15) is 0 Å². The number of carbonyl (C=O) groups is 1. The molecule has 0 unspecified atom stereocenters. The summed E-state index contributed by atoms with van der Waals surface area (Å²) in [5.41, 5.74) is 3.42. The van der Waals surface area contributed by atoms with Gasteiger partial charge in [0.1, 0.15) is 0 Å². The summed E-state index contributed by atoms with van der Waals surface area (Å²) in [6, 6.07) is 15.7. The molecule has 3 rings (SSSR count). The summed E-state index contributed by atoms with van der Waals surface area (Å²) in [4.78, 5) is 14.8. The van der Waals surface area contributed by atoms with Crippen molar-refractivity contribution in [2.24, 2.45) is 0 Å². The highest BCUT2D eigenvalue weighted by Gasteiger charge is 2.16. The molecule has 1 atom stereocenters. The van der Waals surface area contributed by atoms with Gasteiger partial charge in [0.15, 0.2) is 5.78 Å². The topological polar surface area (TPSA) is 37.4 Å². The second kappa shape index (κ2) is 7.86. The van der Waals surface area contributed by atoms with Crippen molar-refractivity contribution < 1.29 is 9.00 Å². The van der Waals surface area contributed by atoms with Crippen LogP contribution in [-0.2, 0) is 23.6 Å².